The number of aliphatic hydroxyl groups is 2. The van der Waals surface area contributed by atoms with Gasteiger partial charge in [-0.15, -0.1) is 0 Å². The first-order chi connectivity index (χ1) is 11.2. The summed E-state index contributed by atoms with van der Waals surface area (Å²) >= 11 is 0. The van der Waals surface area contributed by atoms with Gasteiger partial charge < -0.3 is 19.7 Å². The van der Waals surface area contributed by atoms with Gasteiger partial charge in [-0.05, 0) is 57.2 Å². The van der Waals surface area contributed by atoms with Crippen LogP contribution >= 0.6 is 0 Å². The molecular weight excluding hydrogens is 308 g/mol. The van der Waals surface area contributed by atoms with Crippen molar-refractivity contribution in [3.8, 4) is 0 Å². The molecule has 1 saturated carbocycles. The monoisotopic (exact) mass is 334 g/mol. The lowest BCUT2D eigenvalue weighted by atomic mass is 9.61. The molecule has 0 radical (unpaired) electrons. The van der Waals surface area contributed by atoms with Crippen molar-refractivity contribution in [3.05, 3.63) is 35.4 Å². The van der Waals surface area contributed by atoms with Gasteiger partial charge in [0.15, 0.2) is 0 Å². The van der Waals surface area contributed by atoms with Crippen LogP contribution in [0.2, 0.25) is 0 Å². The lowest BCUT2D eigenvalue weighted by Gasteiger charge is -2.56. The van der Waals surface area contributed by atoms with Crippen LogP contribution in [-0.4, -0.2) is 40.6 Å². The molecule has 0 unspecified atom stereocenters. The van der Waals surface area contributed by atoms with Gasteiger partial charge in [0.25, 0.3) is 0 Å². The van der Waals surface area contributed by atoms with Crippen molar-refractivity contribution in [1.29, 1.82) is 0 Å². The average molecular weight is 334 g/mol. The Balaban J connectivity index is 1.94. The average Bonchev–Trinajstić information content (AvgIpc) is 2.54. The summed E-state index contributed by atoms with van der Waals surface area (Å²) in [6, 6.07) is 7.09. The Hall–Kier alpha value is -1.43. The Bertz CT molecular complexity index is 619. The van der Waals surface area contributed by atoms with Gasteiger partial charge in [-0.3, -0.25) is 0 Å². The largest absolute Gasteiger partial charge is 0.465 e. The second-order valence-electron chi connectivity index (χ2n) is 7.77. The second kappa shape index (κ2) is 5.83. The fourth-order valence-corrected chi connectivity index (χ4v) is 4.13. The van der Waals surface area contributed by atoms with Crippen LogP contribution < -0.4 is 0 Å². The first kappa shape index (κ1) is 17.4. The maximum absolute atomic E-state index is 11.6. The number of benzene rings is 1. The van der Waals surface area contributed by atoms with E-state index >= 15 is 0 Å². The van der Waals surface area contributed by atoms with Crippen molar-refractivity contribution in [3.63, 3.8) is 0 Å². The maximum Gasteiger partial charge on any atom is 0.337 e. The Morgan fingerprint density at radius 2 is 1.83 bits per heavy atom. The van der Waals surface area contributed by atoms with Gasteiger partial charge in [-0.25, -0.2) is 4.79 Å². The zero-order chi connectivity index (χ0) is 17.7. The van der Waals surface area contributed by atoms with E-state index in [4.69, 9.17) is 9.47 Å². The minimum atomic E-state index is -1.20. The van der Waals surface area contributed by atoms with Crippen molar-refractivity contribution in [1.82, 2.24) is 0 Å². The molecule has 2 bridgehead atoms. The lowest BCUT2D eigenvalue weighted by molar-refractivity contribution is -0.261. The molecule has 3 rings (SSSR count). The summed E-state index contributed by atoms with van der Waals surface area (Å²) in [4.78, 5) is 11.6. The molecular formula is C19H26O5. The van der Waals surface area contributed by atoms with E-state index in [1.54, 1.807) is 19.1 Å². The topological polar surface area (TPSA) is 76.0 Å². The number of rotatable bonds is 2. The van der Waals surface area contributed by atoms with Crippen LogP contribution in [0.4, 0.5) is 0 Å². The first-order valence-corrected chi connectivity index (χ1v) is 8.43. The van der Waals surface area contributed by atoms with E-state index in [9.17, 15) is 15.0 Å². The third-order valence-electron chi connectivity index (χ3n) is 5.91. The van der Waals surface area contributed by atoms with Gasteiger partial charge in [0.05, 0.1) is 36.1 Å². The normalized spacial score (nSPS) is 37.8. The second-order valence-corrected chi connectivity index (χ2v) is 7.77. The minimum Gasteiger partial charge on any atom is -0.465 e. The van der Waals surface area contributed by atoms with Crippen molar-refractivity contribution in [2.45, 2.75) is 57.0 Å². The van der Waals surface area contributed by atoms with E-state index in [0.717, 1.165) is 12.0 Å². The summed E-state index contributed by atoms with van der Waals surface area (Å²) in [5.41, 5.74) is -0.198. The van der Waals surface area contributed by atoms with Gasteiger partial charge in [-0.1, -0.05) is 12.1 Å². The number of hydrogen-bond acceptors (Lipinski definition) is 5. The third-order valence-corrected chi connectivity index (χ3v) is 5.91. The Morgan fingerprint density at radius 1 is 1.21 bits per heavy atom. The lowest BCUT2D eigenvalue weighted by Crippen LogP contribution is -2.60. The van der Waals surface area contributed by atoms with Crippen molar-refractivity contribution < 1.29 is 24.5 Å². The standard InChI is InChI=1S/C19H26O5/c1-18(2)13-9-14(19(3,22)15(20)10-13)16(24-18)11-5-7-12(8-6-11)17(21)23-4/h5-8,13-16,20,22H,9-10H2,1-4H3/t13-,14+,15-,16-,19-/m0/s1. The highest BCUT2D eigenvalue weighted by atomic mass is 16.5. The van der Waals surface area contributed by atoms with E-state index in [1.807, 2.05) is 26.0 Å². The zero-order valence-corrected chi connectivity index (χ0v) is 14.7. The van der Waals surface area contributed by atoms with Gasteiger partial charge in [0.2, 0.25) is 0 Å². The van der Waals surface area contributed by atoms with Crippen LogP contribution in [0.3, 0.4) is 0 Å². The van der Waals surface area contributed by atoms with E-state index < -0.39 is 11.7 Å². The fraction of sp³-hybridized carbons (Fsp3) is 0.632. The van der Waals surface area contributed by atoms with Crippen LogP contribution in [0.1, 0.15) is 55.6 Å². The molecule has 24 heavy (non-hydrogen) atoms. The van der Waals surface area contributed by atoms with Crippen molar-refractivity contribution >= 4 is 5.97 Å². The molecule has 1 aliphatic carbocycles. The van der Waals surface area contributed by atoms with Crippen LogP contribution in [-0.2, 0) is 9.47 Å². The summed E-state index contributed by atoms with van der Waals surface area (Å²) in [6.07, 6.45) is 0.263. The van der Waals surface area contributed by atoms with E-state index in [2.05, 4.69) is 0 Å². The van der Waals surface area contributed by atoms with Crippen LogP contribution in [0, 0.1) is 11.8 Å². The van der Waals surface area contributed by atoms with Crippen LogP contribution in [0.15, 0.2) is 24.3 Å². The highest BCUT2D eigenvalue weighted by Gasteiger charge is 2.56. The van der Waals surface area contributed by atoms with Gasteiger partial charge in [-0.2, -0.15) is 0 Å². The molecule has 2 fully saturated rings. The van der Waals surface area contributed by atoms with Crippen LogP contribution in [0.5, 0.6) is 0 Å². The predicted molar refractivity (Wildman–Crippen MR) is 88.5 cm³/mol. The number of hydrogen-bond donors (Lipinski definition) is 2. The molecule has 2 N–H and O–H groups in total. The molecule has 0 amide bonds. The van der Waals surface area contributed by atoms with Gasteiger partial charge in [0.1, 0.15) is 0 Å². The van der Waals surface area contributed by atoms with E-state index in [-0.39, 0.29) is 29.5 Å². The summed E-state index contributed by atoms with van der Waals surface area (Å²) in [5.74, 6) is -0.363. The number of aliphatic hydroxyl groups excluding tert-OH is 1. The van der Waals surface area contributed by atoms with Gasteiger partial charge >= 0.3 is 5.97 Å². The highest BCUT2D eigenvalue weighted by molar-refractivity contribution is 5.89. The smallest absolute Gasteiger partial charge is 0.337 e. The van der Waals surface area contributed by atoms with Crippen molar-refractivity contribution in [2.24, 2.45) is 11.8 Å². The number of methoxy groups -OCH3 is 1. The number of esters is 1. The highest BCUT2D eigenvalue weighted by Crippen LogP contribution is 2.54. The molecule has 1 aromatic carbocycles. The SMILES string of the molecule is COC(=O)c1ccc([C@@H]2OC(C)(C)[C@H]3C[C@H]2[C@](C)(O)[C@@H](O)C3)cc1. The number of ether oxygens (including phenoxy) is 2. The number of carbonyl (C=O) groups is 1. The third kappa shape index (κ3) is 2.75. The molecule has 5 heteroatoms. The molecule has 0 spiro atoms. The number of carbonyl (C=O) groups excluding carboxylic acids is 1. The van der Waals surface area contributed by atoms with E-state index in [1.165, 1.54) is 7.11 Å². The Labute approximate surface area is 142 Å². The molecule has 5 atom stereocenters. The summed E-state index contributed by atoms with van der Waals surface area (Å²) in [6.45, 7) is 5.77. The predicted octanol–water partition coefficient (Wildman–Crippen LogP) is 2.46. The molecule has 1 aliphatic heterocycles. The minimum absolute atomic E-state index is 0.191. The summed E-state index contributed by atoms with van der Waals surface area (Å²) < 4.78 is 11.1. The number of fused-ring (bicyclic) bond motifs is 2. The molecule has 132 valence electrons. The molecule has 0 aromatic heterocycles. The molecule has 5 nitrogen and oxygen atoms in total. The Kier molecular flexibility index (Phi) is 4.22. The van der Waals surface area contributed by atoms with Crippen molar-refractivity contribution in [2.75, 3.05) is 7.11 Å². The first-order valence-electron chi connectivity index (χ1n) is 8.43. The van der Waals surface area contributed by atoms with Gasteiger partial charge in [0, 0.05) is 5.92 Å². The molecule has 2 aliphatic rings. The van der Waals surface area contributed by atoms with E-state index in [0.29, 0.717) is 12.0 Å². The quantitative estimate of drug-likeness (QED) is 0.813. The summed E-state index contributed by atoms with van der Waals surface area (Å²) in [5, 5.41) is 21.3. The Morgan fingerprint density at radius 3 is 2.42 bits per heavy atom. The molecule has 1 aromatic rings. The molecule has 1 saturated heterocycles. The van der Waals surface area contributed by atoms with Crippen LogP contribution in [0.25, 0.3) is 0 Å². The maximum atomic E-state index is 11.6. The fourth-order valence-electron chi connectivity index (χ4n) is 4.13. The summed E-state index contributed by atoms with van der Waals surface area (Å²) in [7, 11) is 1.35. The molecule has 1 heterocycles. The zero-order valence-electron chi connectivity index (χ0n) is 14.7.